The van der Waals surface area contributed by atoms with Crippen molar-refractivity contribution in [2.24, 2.45) is 0 Å². The number of rotatable bonds is 10. The topological polar surface area (TPSA) is 103 Å². The van der Waals surface area contributed by atoms with Gasteiger partial charge in [-0.2, -0.15) is 0 Å². The first-order chi connectivity index (χ1) is 15.3. The van der Waals surface area contributed by atoms with Crippen LogP contribution in [0.1, 0.15) is 33.1 Å². The number of ether oxygens (including phenoxy) is 1. The number of hydrogen-bond acceptors (Lipinski definition) is 7. The van der Waals surface area contributed by atoms with E-state index < -0.39 is 5.97 Å². The quantitative estimate of drug-likeness (QED) is 0.368. The van der Waals surface area contributed by atoms with Gasteiger partial charge >= 0.3 is 5.97 Å². The molecule has 3 rings (SSSR count). The Bertz CT molecular complexity index is 1100. The van der Waals surface area contributed by atoms with Crippen LogP contribution in [0.4, 0.5) is 5.82 Å². The maximum atomic E-state index is 12.6. The molecular formula is C23H25N3O5S. The van der Waals surface area contributed by atoms with Gasteiger partial charge in [0.2, 0.25) is 11.7 Å². The maximum absolute atomic E-state index is 12.6. The van der Waals surface area contributed by atoms with Crippen molar-refractivity contribution in [2.75, 3.05) is 23.4 Å². The number of aryl methyl sites for hydroxylation is 2. The van der Waals surface area contributed by atoms with Crippen LogP contribution in [0, 0.1) is 20.8 Å². The van der Waals surface area contributed by atoms with Gasteiger partial charge < -0.3 is 19.1 Å². The van der Waals surface area contributed by atoms with Crippen molar-refractivity contribution in [2.45, 2.75) is 27.3 Å². The minimum absolute atomic E-state index is 0.0361. The van der Waals surface area contributed by atoms with Gasteiger partial charge in [-0.05, 0) is 32.4 Å². The number of hydrogen-bond donors (Lipinski definition) is 1. The molecule has 0 spiro atoms. The molecule has 0 aliphatic carbocycles. The van der Waals surface area contributed by atoms with E-state index in [4.69, 9.17) is 9.26 Å². The average Bonchev–Trinajstić information content (AvgIpc) is 3.30. The van der Waals surface area contributed by atoms with Gasteiger partial charge in [-0.3, -0.25) is 14.4 Å². The third-order valence-electron chi connectivity index (χ3n) is 4.77. The molecule has 0 fully saturated rings. The number of nitrogens with one attached hydrogen (secondary N) is 1. The van der Waals surface area contributed by atoms with E-state index in [9.17, 15) is 14.4 Å². The zero-order valence-corrected chi connectivity index (χ0v) is 19.0. The Labute approximate surface area is 190 Å². The molecule has 0 radical (unpaired) electrons. The van der Waals surface area contributed by atoms with Crippen molar-refractivity contribution in [3.05, 3.63) is 70.7 Å². The molecule has 0 bridgehead atoms. The lowest BCUT2D eigenvalue weighted by atomic mass is 10.1. The van der Waals surface area contributed by atoms with Gasteiger partial charge in [0.05, 0.1) is 11.5 Å². The molecule has 8 nitrogen and oxygen atoms in total. The summed E-state index contributed by atoms with van der Waals surface area (Å²) in [5, 5.41) is 6.23. The van der Waals surface area contributed by atoms with Crippen molar-refractivity contribution < 1.29 is 23.6 Å². The summed E-state index contributed by atoms with van der Waals surface area (Å²) in [5.41, 5.74) is 3.48. The standard InChI is InChI=1S/C23H25N3O5S/c1-15-9-19(17(3)26(15)11-18-7-5-4-6-8-18)20(27)12-30-23(29)14-32-13-22(28)24-21-10-16(2)31-25-21/h4-10H,11-14H2,1-3H3,(H,24,25,28). The van der Waals surface area contributed by atoms with Crippen LogP contribution in [-0.4, -0.2) is 45.5 Å². The first-order valence-corrected chi connectivity index (χ1v) is 11.2. The van der Waals surface area contributed by atoms with Crippen molar-refractivity contribution in [3.63, 3.8) is 0 Å². The number of esters is 1. The van der Waals surface area contributed by atoms with Gasteiger partial charge in [0.25, 0.3) is 0 Å². The number of aromatic nitrogens is 2. The number of carbonyl (C=O) groups excluding carboxylic acids is 3. The smallest absolute Gasteiger partial charge is 0.316 e. The van der Waals surface area contributed by atoms with E-state index in [0.717, 1.165) is 28.7 Å². The number of nitrogens with zero attached hydrogens (tertiary/aromatic N) is 2. The summed E-state index contributed by atoms with van der Waals surface area (Å²) < 4.78 is 12.0. The number of ketones is 1. The normalized spacial score (nSPS) is 10.7. The average molecular weight is 456 g/mol. The van der Waals surface area contributed by atoms with Crippen molar-refractivity contribution in [1.29, 1.82) is 0 Å². The molecule has 168 valence electrons. The minimum Gasteiger partial charge on any atom is -0.457 e. The Morgan fingerprint density at radius 3 is 2.53 bits per heavy atom. The summed E-state index contributed by atoms with van der Waals surface area (Å²) in [5.74, 6) is -0.186. The zero-order chi connectivity index (χ0) is 23.1. The Morgan fingerprint density at radius 2 is 1.84 bits per heavy atom. The second kappa shape index (κ2) is 10.8. The Hall–Kier alpha value is -3.33. The van der Waals surface area contributed by atoms with Gasteiger partial charge in [-0.25, -0.2) is 0 Å². The molecule has 2 aromatic heterocycles. The molecule has 0 saturated heterocycles. The van der Waals surface area contributed by atoms with Gasteiger partial charge in [-0.1, -0.05) is 35.5 Å². The molecule has 3 aromatic rings. The molecule has 1 N–H and O–H groups in total. The highest BCUT2D eigenvalue weighted by Crippen LogP contribution is 2.18. The zero-order valence-electron chi connectivity index (χ0n) is 18.2. The highest BCUT2D eigenvalue weighted by Gasteiger charge is 2.18. The van der Waals surface area contributed by atoms with Crippen LogP contribution in [0.25, 0.3) is 0 Å². The van der Waals surface area contributed by atoms with Crippen LogP contribution in [0.3, 0.4) is 0 Å². The van der Waals surface area contributed by atoms with E-state index in [1.54, 1.807) is 13.0 Å². The fourth-order valence-corrected chi connectivity index (χ4v) is 3.80. The van der Waals surface area contributed by atoms with Gasteiger partial charge in [0.15, 0.2) is 12.4 Å². The molecule has 32 heavy (non-hydrogen) atoms. The summed E-state index contributed by atoms with van der Waals surface area (Å²) in [6, 6.07) is 13.4. The Balaban J connectivity index is 1.44. The number of anilines is 1. The number of carbonyl (C=O) groups is 3. The van der Waals surface area contributed by atoms with Crippen molar-refractivity contribution in [1.82, 2.24) is 9.72 Å². The SMILES string of the molecule is Cc1cc(NC(=O)CSCC(=O)OCC(=O)c2cc(C)n(Cc3ccccc3)c2C)no1. The van der Waals surface area contributed by atoms with Crippen LogP contribution in [0.15, 0.2) is 47.0 Å². The van der Waals surface area contributed by atoms with Gasteiger partial charge in [0, 0.05) is 29.6 Å². The van der Waals surface area contributed by atoms with Crippen molar-refractivity contribution in [3.8, 4) is 0 Å². The number of amides is 1. The number of thioether (sulfide) groups is 1. The third kappa shape index (κ3) is 6.34. The molecule has 0 saturated carbocycles. The highest BCUT2D eigenvalue weighted by atomic mass is 32.2. The summed E-state index contributed by atoms with van der Waals surface area (Å²) in [7, 11) is 0. The van der Waals surface area contributed by atoms with E-state index in [-0.39, 0.29) is 29.8 Å². The Morgan fingerprint density at radius 1 is 1.09 bits per heavy atom. The molecule has 0 aliphatic heterocycles. The highest BCUT2D eigenvalue weighted by molar-refractivity contribution is 8.00. The second-order valence-corrected chi connectivity index (χ2v) is 8.29. The minimum atomic E-state index is -0.550. The lowest BCUT2D eigenvalue weighted by Crippen LogP contribution is -2.18. The third-order valence-corrected chi connectivity index (χ3v) is 5.68. The van der Waals surface area contributed by atoms with E-state index in [2.05, 4.69) is 15.0 Å². The van der Waals surface area contributed by atoms with Crippen LogP contribution < -0.4 is 5.32 Å². The molecule has 9 heteroatoms. The summed E-state index contributed by atoms with van der Waals surface area (Å²) in [6.07, 6.45) is 0. The van der Waals surface area contributed by atoms with Crippen molar-refractivity contribution >= 4 is 35.2 Å². The van der Waals surface area contributed by atoms with Gasteiger partial charge in [-0.15, -0.1) is 11.8 Å². The summed E-state index contributed by atoms with van der Waals surface area (Å²) in [4.78, 5) is 36.4. The molecular weight excluding hydrogens is 430 g/mol. The molecule has 1 amide bonds. The first kappa shape index (κ1) is 23.3. The molecule has 0 aliphatic rings. The number of Topliss-reactive ketones (excluding diaryl/α,β-unsaturated/α-hetero) is 1. The molecule has 0 atom stereocenters. The lowest BCUT2D eigenvalue weighted by molar-refractivity contribution is -0.139. The number of benzene rings is 1. The molecule has 0 unspecified atom stereocenters. The first-order valence-electron chi connectivity index (χ1n) is 10.0. The predicted octanol–water partition coefficient (Wildman–Crippen LogP) is 3.55. The predicted molar refractivity (Wildman–Crippen MR) is 122 cm³/mol. The van der Waals surface area contributed by atoms with Crippen LogP contribution in [-0.2, 0) is 20.9 Å². The van der Waals surface area contributed by atoms with E-state index in [1.165, 1.54) is 0 Å². The fourth-order valence-electron chi connectivity index (χ4n) is 3.19. The van der Waals surface area contributed by atoms with E-state index in [1.807, 2.05) is 50.2 Å². The van der Waals surface area contributed by atoms with E-state index in [0.29, 0.717) is 23.7 Å². The lowest BCUT2D eigenvalue weighted by Gasteiger charge is -2.10. The largest absolute Gasteiger partial charge is 0.457 e. The van der Waals surface area contributed by atoms with Crippen LogP contribution in [0.2, 0.25) is 0 Å². The Kier molecular flexibility index (Phi) is 7.88. The second-order valence-electron chi connectivity index (χ2n) is 7.30. The monoisotopic (exact) mass is 455 g/mol. The van der Waals surface area contributed by atoms with Crippen LogP contribution in [0.5, 0.6) is 0 Å². The molecule has 1 aromatic carbocycles. The maximum Gasteiger partial charge on any atom is 0.316 e. The van der Waals surface area contributed by atoms with Gasteiger partial charge in [0.1, 0.15) is 5.76 Å². The van der Waals surface area contributed by atoms with Crippen LogP contribution >= 0.6 is 11.8 Å². The van der Waals surface area contributed by atoms with E-state index >= 15 is 0 Å². The summed E-state index contributed by atoms with van der Waals surface area (Å²) >= 11 is 1.09. The molecule has 2 heterocycles. The fraction of sp³-hybridized carbons (Fsp3) is 0.304. The summed E-state index contributed by atoms with van der Waals surface area (Å²) in [6.45, 7) is 5.88.